The first-order chi connectivity index (χ1) is 8.02. The molecular weight excluding hydrogens is 232 g/mol. The Balaban J connectivity index is 1.80. The largest absolute Gasteiger partial charge is 0.378 e. The van der Waals surface area contributed by atoms with Crippen LogP contribution in [0.15, 0.2) is 0 Å². The Morgan fingerprint density at radius 2 is 1.94 bits per heavy atom. The molecule has 2 saturated carbocycles. The standard InChI is InChI=1S/C14H26O2S/c1-13(2)11-4-5-14(13,3)12(10-11)16-7-6-15-8-9-17/h11-12,17H,4-10H2,1-3H3. The van der Waals surface area contributed by atoms with E-state index in [1.165, 1.54) is 19.3 Å². The summed E-state index contributed by atoms with van der Waals surface area (Å²) < 4.78 is 11.5. The van der Waals surface area contributed by atoms with Crippen molar-refractivity contribution in [1.82, 2.24) is 0 Å². The third kappa shape index (κ3) is 2.26. The lowest BCUT2D eigenvalue weighted by Gasteiger charge is -2.38. The van der Waals surface area contributed by atoms with E-state index in [9.17, 15) is 0 Å². The Morgan fingerprint density at radius 1 is 1.18 bits per heavy atom. The maximum absolute atomic E-state index is 6.07. The van der Waals surface area contributed by atoms with Gasteiger partial charge in [0.2, 0.25) is 0 Å². The molecule has 100 valence electrons. The minimum atomic E-state index is 0.376. The molecule has 0 spiro atoms. The van der Waals surface area contributed by atoms with Crippen LogP contribution in [0.3, 0.4) is 0 Å². The van der Waals surface area contributed by atoms with Crippen molar-refractivity contribution in [2.24, 2.45) is 16.7 Å². The van der Waals surface area contributed by atoms with Gasteiger partial charge in [0.05, 0.1) is 25.9 Å². The molecule has 0 aromatic heterocycles. The van der Waals surface area contributed by atoms with E-state index in [4.69, 9.17) is 9.47 Å². The van der Waals surface area contributed by atoms with Crippen LogP contribution in [0.4, 0.5) is 0 Å². The monoisotopic (exact) mass is 258 g/mol. The van der Waals surface area contributed by atoms with E-state index in [-0.39, 0.29) is 0 Å². The fourth-order valence-corrected chi connectivity index (χ4v) is 3.93. The summed E-state index contributed by atoms with van der Waals surface area (Å²) >= 11 is 4.12. The van der Waals surface area contributed by atoms with Crippen molar-refractivity contribution in [1.29, 1.82) is 0 Å². The van der Waals surface area contributed by atoms with Crippen LogP contribution in [0.2, 0.25) is 0 Å². The van der Waals surface area contributed by atoms with Gasteiger partial charge in [-0.25, -0.2) is 0 Å². The fourth-order valence-electron chi connectivity index (χ4n) is 3.80. The normalized spacial score (nSPS) is 38.8. The highest BCUT2D eigenvalue weighted by atomic mass is 32.1. The summed E-state index contributed by atoms with van der Waals surface area (Å²) in [4.78, 5) is 0. The van der Waals surface area contributed by atoms with Crippen molar-refractivity contribution in [3.63, 3.8) is 0 Å². The Morgan fingerprint density at radius 3 is 2.47 bits per heavy atom. The van der Waals surface area contributed by atoms with E-state index in [2.05, 4.69) is 33.4 Å². The van der Waals surface area contributed by atoms with Gasteiger partial charge >= 0.3 is 0 Å². The second-order valence-electron chi connectivity index (χ2n) is 6.31. The van der Waals surface area contributed by atoms with Gasteiger partial charge in [0.25, 0.3) is 0 Å². The Kier molecular flexibility index (Phi) is 4.11. The van der Waals surface area contributed by atoms with Gasteiger partial charge in [-0.15, -0.1) is 0 Å². The van der Waals surface area contributed by atoms with Gasteiger partial charge in [-0.2, -0.15) is 12.6 Å². The summed E-state index contributed by atoms with van der Waals surface area (Å²) in [5, 5.41) is 0. The maximum atomic E-state index is 6.07. The molecule has 2 rings (SSSR count). The quantitative estimate of drug-likeness (QED) is 0.583. The molecule has 3 unspecified atom stereocenters. The minimum Gasteiger partial charge on any atom is -0.378 e. The van der Waals surface area contributed by atoms with E-state index >= 15 is 0 Å². The Labute approximate surface area is 111 Å². The molecule has 17 heavy (non-hydrogen) atoms. The molecule has 0 aliphatic heterocycles. The highest BCUT2D eigenvalue weighted by Gasteiger charge is 2.61. The lowest BCUT2D eigenvalue weighted by Crippen LogP contribution is -2.37. The molecule has 0 saturated heterocycles. The number of fused-ring (bicyclic) bond motifs is 2. The van der Waals surface area contributed by atoms with Crippen LogP contribution < -0.4 is 0 Å². The number of ether oxygens (including phenoxy) is 2. The summed E-state index contributed by atoms with van der Waals surface area (Å²) in [7, 11) is 0. The van der Waals surface area contributed by atoms with Crippen molar-refractivity contribution in [3.05, 3.63) is 0 Å². The van der Waals surface area contributed by atoms with Crippen molar-refractivity contribution >= 4 is 12.6 Å². The van der Waals surface area contributed by atoms with E-state index in [0.717, 1.165) is 24.9 Å². The van der Waals surface area contributed by atoms with E-state index < -0.39 is 0 Å². The van der Waals surface area contributed by atoms with Crippen LogP contribution in [-0.2, 0) is 9.47 Å². The zero-order chi connectivity index (χ0) is 12.5. The van der Waals surface area contributed by atoms with Gasteiger partial charge in [0.1, 0.15) is 0 Å². The smallest absolute Gasteiger partial charge is 0.0704 e. The maximum Gasteiger partial charge on any atom is 0.0704 e. The van der Waals surface area contributed by atoms with Crippen LogP contribution in [0.5, 0.6) is 0 Å². The average molecular weight is 258 g/mol. The van der Waals surface area contributed by atoms with E-state index in [1.54, 1.807) is 0 Å². The molecule has 0 aromatic rings. The first-order valence-electron chi connectivity index (χ1n) is 6.82. The molecule has 2 aliphatic rings. The first-order valence-corrected chi connectivity index (χ1v) is 7.46. The number of hydrogen-bond donors (Lipinski definition) is 1. The first kappa shape index (κ1) is 13.7. The van der Waals surface area contributed by atoms with E-state index in [1.807, 2.05) is 0 Å². The summed E-state index contributed by atoms with van der Waals surface area (Å²) in [5.74, 6) is 1.65. The van der Waals surface area contributed by atoms with Gasteiger partial charge < -0.3 is 9.47 Å². The van der Waals surface area contributed by atoms with E-state index in [0.29, 0.717) is 23.5 Å². The van der Waals surface area contributed by atoms with Crippen LogP contribution in [0.25, 0.3) is 0 Å². The topological polar surface area (TPSA) is 18.5 Å². The molecule has 0 aromatic carbocycles. The SMILES string of the molecule is CC1(C)C2CCC1(C)C(OCCOCCS)C2. The number of rotatable bonds is 6. The predicted octanol–water partition coefficient (Wildman–Crippen LogP) is 3.16. The zero-order valence-corrected chi connectivity index (χ0v) is 12.3. The van der Waals surface area contributed by atoms with Gasteiger partial charge in [0, 0.05) is 5.75 Å². The fraction of sp³-hybridized carbons (Fsp3) is 1.00. The summed E-state index contributed by atoms with van der Waals surface area (Å²) in [5.41, 5.74) is 0.824. The molecule has 3 atom stereocenters. The van der Waals surface area contributed by atoms with Crippen molar-refractivity contribution in [3.8, 4) is 0 Å². The number of thiol groups is 1. The summed E-state index contributed by atoms with van der Waals surface area (Å²) in [6.07, 6.45) is 4.40. The van der Waals surface area contributed by atoms with Crippen molar-refractivity contribution < 1.29 is 9.47 Å². The summed E-state index contributed by atoms with van der Waals surface area (Å²) in [6, 6.07) is 0. The molecule has 0 amide bonds. The third-order valence-corrected chi connectivity index (χ3v) is 5.68. The molecule has 0 heterocycles. The highest BCUT2D eigenvalue weighted by Crippen LogP contribution is 2.66. The zero-order valence-electron chi connectivity index (χ0n) is 11.4. The Bertz CT molecular complexity index is 267. The molecule has 2 nitrogen and oxygen atoms in total. The van der Waals surface area contributed by atoms with Gasteiger partial charge in [-0.05, 0) is 36.0 Å². The van der Waals surface area contributed by atoms with Crippen molar-refractivity contribution in [2.75, 3.05) is 25.6 Å². The van der Waals surface area contributed by atoms with Crippen LogP contribution in [0.1, 0.15) is 40.0 Å². The lowest BCUT2D eigenvalue weighted by molar-refractivity contribution is -0.0633. The lowest BCUT2D eigenvalue weighted by atomic mass is 9.70. The summed E-state index contributed by atoms with van der Waals surface area (Å²) in [6.45, 7) is 9.42. The number of hydrogen-bond acceptors (Lipinski definition) is 3. The molecule has 2 bridgehead atoms. The highest BCUT2D eigenvalue weighted by molar-refractivity contribution is 7.80. The predicted molar refractivity (Wildman–Crippen MR) is 73.6 cm³/mol. The molecular formula is C14H26O2S. The third-order valence-electron chi connectivity index (χ3n) is 5.50. The second kappa shape index (κ2) is 5.10. The van der Waals surface area contributed by atoms with Crippen LogP contribution >= 0.6 is 12.6 Å². The van der Waals surface area contributed by atoms with Crippen LogP contribution in [-0.4, -0.2) is 31.7 Å². The van der Waals surface area contributed by atoms with Crippen molar-refractivity contribution in [2.45, 2.75) is 46.1 Å². The second-order valence-corrected chi connectivity index (χ2v) is 6.75. The average Bonchev–Trinajstić information content (AvgIpc) is 2.61. The van der Waals surface area contributed by atoms with Gasteiger partial charge in [-0.3, -0.25) is 0 Å². The molecule has 2 fully saturated rings. The molecule has 0 radical (unpaired) electrons. The van der Waals surface area contributed by atoms with Gasteiger partial charge in [-0.1, -0.05) is 20.8 Å². The van der Waals surface area contributed by atoms with Crippen LogP contribution in [0, 0.1) is 16.7 Å². The Hall–Kier alpha value is 0.270. The molecule has 3 heteroatoms. The molecule has 0 N–H and O–H groups in total. The minimum absolute atomic E-state index is 0.376. The molecule has 2 aliphatic carbocycles. The van der Waals surface area contributed by atoms with Gasteiger partial charge in [0.15, 0.2) is 0 Å².